The normalized spacial score (nSPS) is 12.7. The van der Waals surface area contributed by atoms with Crippen molar-refractivity contribution < 1.29 is 23.8 Å². The number of likely N-dealkylation sites (N-methyl/N-ethyl adjacent to an activating group) is 1. The maximum absolute atomic E-state index is 13.5. The summed E-state index contributed by atoms with van der Waals surface area (Å²) in [7, 11) is 2.69. The van der Waals surface area contributed by atoms with Crippen molar-refractivity contribution in [1.29, 1.82) is 0 Å². The molecule has 0 aliphatic rings. The van der Waals surface area contributed by atoms with Gasteiger partial charge >= 0.3 is 5.97 Å². The lowest BCUT2D eigenvalue weighted by Crippen LogP contribution is -2.34. The number of halogens is 1. The SMILES string of the molecule is COC(=O)C(O)/C(=C(\c1ccc(C)cc1)c1c(C)n(Cc2ccc(F)cc2)c2ccccc12)N(C)C=O. The number of ether oxygens (including phenoxy) is 1. The molecule has 3 aromatic carbocycles. The van der Waals surface area contributed by atoms with E-state index in [0.717, 1.165) is 38.9 Å². The molecule has 0 saturated carbocycles. The van der Waals surface area contributed by atoms with E-state index < -0.39 is 12.1 Å². The number of amides is 1. The molecule has 1 aromatic heterocycles. The maximum Gasteiger partial charge on any atom is 0.340 e. The lowest BCUT2D eigenvalue weighted by atomic mass is 9.91. The molecule has 1 amide bonds. The van der Waals surface area contributed by atoms with Crippen LogP contribution in [0.3, 0.4) is 0 Å². The number of hydrogen-bond acceptors (Lipinski definition) is 4. The number of methoxy groups -OCH3 is 1. The average Bonchev–Trinajstić information content (AvgIpc) is 3.18. The minimum absolute atomic E-state index is 0.110. The molecule has 0 fully saturated rings. The van der Waals surface area contributed by atoms with E-state index in [-0.39, 0.29) is 11.5 Å². The average molecular weight is 501 g/mol. The van der Waals surface area contributed by atoms with E-state index in [1.54, 1.807) is 12.1 Å². The first-order valence-electron chi connectivity index (χ1n) is 11.8. The first kappa shape index (κ1) is 25.9. The molecule has 1 N–H and O–H groups in total. The molecule has 0 aliphatic heterocycles. The highest BCUT2D eigenvalue weighted by Gasteiger charge is 2.31. The van der Waals surface area contributed by atoms with E-state index in [4.69, 9.17) is 4.74 Å². The highest BCUT2D eigenvalue weighted by Crippen LogP contribution is 2.39. The molecule has 190 valence electrons. The van der Waals surface area contributed by atoms with Crippen molar-refractivity contribution in [2.75, 3.05) is 14.2 Å². The quantitative estimate of drug-likeness (QED) is 0.278. The number of hydrogen-bond donors (Lipinski definition) is 1. The maximum atomic E-state index is 13.5. The van der Waals surface area contributed by atoms with Crippen LogP contribution in [0, 0.1) is 19.7 Å². The Morgan fingerprint density at radius 2 is 1.70 bits per heavy atom. The van der Waals surface area contributed by atoms with Crippen LogP contribution >= 0.6 is 0 Å². The van der Waals surface area contributed by atoms with Crippen LogP contribution in [0.25, 0.3) is 16.5 Å². The van der Waals surface area contributed by atoms with Crippen molar-refractivity contribution in [3.05, 3.63) is 112 Å². The summed E-state index contributed by atoms with van der Waals surface area (Å²) in [6, 6.07) is 21.8. The first-order valence-corrected chi connectivity index (χ1v) is 11.8. The lowest BCUT2D eigenvalue weighted by molar-refractivity contribution is -0.149. The largest absolute Gasteiger partial charge is 0.467 e. The Bertz CT molecular complexity index is 1470. The third-order valence-electron chi connectivity index (χ3n) is 6.55. The summed E-state index contributed by atoms with van der Waals surface area (Å²) in [4.78, 5) is 25.7. The Morgan fingerprint density at radius 1 is 1.05 bits per heavy atom. The monoisotopic (exact) mass is 500 g/mol. The molecule has 0 aliphatic carbocycles. The van der Waals surface area contributed by atoms with E-state index >= 15 is 0 Å². The Balaban J connectivity index is 2.08. The van der Waals surface area contributed by atoms with Crippen molar-refractivity contribution in [3.63, 3.8) is 0 Å². The van der Waals surface area contributed by atoms with Gasteiger partial charge in [0.15, 0.2) is 6.10 Å². The van der Waals surface area contributed by atoms with Gasteiger partial charge in [0.25, 0.3) is 0 Å². The van der Waals surface area contributed by atoms with Gasteiger partial charge in [-0.15, -0.1) is 0 Å². The zero-order chi connectivity index (χ0) is 26.7. The van der Waals surface area contributed by atoms with Crippen LogP contribution in [0.15, 0.2) is 78.5 Å². The second-order valence-electron chi connectivity index (χ2n) is 8.96. The Hall–Kier alpha value is -4.23. The van der Waals surface area contributed by atoms with Gasteiger partial charge in [-0.25, -0.2) is 9.18 Å². The van der Waals surface area contributed by atoms with E-state index in [1.807, 2.05) is 62.4 Å². The lowest BCUT2D eigenvalue weighted by Gasteiger charge is -2.25. The molecule has 0 saturated heterocycles. The minimum atomic E-state index is -1.70. The number of aliphatic hydroxyl groups excluding tert-OH is 1. The highest BCUT2D eigenvalue weighted by molar-refractivity contribution is 6.01. The van der Waals surface area contributed by atoms with Crippen LogP contribution < -0.4 is 0 Å². The van der Waals surface area contributed by atoms with Crippen molar-refractivity contribution in [2.24, 2.45) is 0 Å². The summed E-state index contributed by atoms with van der Waals surface area (Å²) in [5.74, 6) is -1.18. The topological polar surface area (TPSA) is 71.8 Å². The zero-order valence-electron chi connectivity index (χ0n) is 21.2. The molecule has 0 radical (unpaired) electrons. The predicted octanol–water partition coefficient (Wildman–Crippen LogP) is 4.83. The molecule has 37 heavy (non-hydrogen) atoms. The molecule has 6 nitrogen and oxygen atoms in total. The number of nitrogens with zero attached hydrogens (tertiary/aromatic N) is 2. The number of para-hydroxylation sites is 1. The standard InChI is InChI=1S/C30H29FN2O4/c1-19-9-13-22(14-10-19)27(28(32(3)18-34)29(35)30(36)37-4)26-20(2)33(25-8-6-5-7-24(25)26)17-21-11-15-23(31)16-12-21/h5-16,18,29,35H,17H2,1-4H3/b28-27-. The van der Waals surface area contributed by atoms with Gasteiger partial charge in [0.2, 0.25) is 6.41 Å². The predicted molar refractivity (Wildman–Crippen MR) is 141 cm³/mol. The van der Waals surface area contributed by atoms with Crippen LogP contribution in [0.5, 0.6) is 0 Å². The van der Waals surface area contributed by atoms with E-state index in [2.05, 4.69) is 4.57 Å². The molecule has 1 heterocycles. The van der Waals surface area contributed by atoms with Gasteiger partial charge in [-0.2, -0.15) is 0 Å². The van der Waals surface area contributed by atoms with Crippen LogP contribution in [-0.2, 0) is 20.9 Å². The number of aryl methyl sites for hydroxylation is 1. The summed E-state index contributed by atoms with van der Waals surface area (Å²) < 4.78 is 20.5. The van der Waals surface area contributed by atoms with Crippen molar-refractivity contribution in [2.45, 2.75) is 26.5 Å². The Morgan fingerprint density at radius 3 is 2.32 bits per heavy atom. The van der Waals surface area contributed by atoms with Crippen molar-refractivity contribution in [1.82, 2.24) is 9.47 Å². The van der Waals surface area contributed by atoms with Gasteiger partial charge in [0.05, 0.1) is 12.8 Å². The molecule has 4 aromatic rings. The first-order chi connectivity index (χ1) is 17.8. The van der Waals surface area contributed by atoms with Crippen molar-refractivity contribution in [3.8, 4) is 0 Å². The van der Waals surface area contributed by atoms with Gasteiger partial charge in [-0.05, 0) is 43.2 Å². The minimum Gasteiger partial charge on any atom is -0.467 e. The number of carbonyl (C=O) groups excluding carboxylic acids is 2. The van der Waals surface area contributed by atoms with Gasteiger partial charge in [-0.3, -0.25) is 4.79 Å². The molecule has 7 heteroatoms. The summed E-state index contributed by atoms with van der Waals surface area (Å²) in [6.07, 6.45) is -1.14. The van der Waals surface area contributed by atoms with E-state index in [1.165, 1.54) is 31.2 Å². The molecular formula is C30H29FN2O4. The van der Waals surface area contributed by atoms with Crippen molar-refractivity contribution >= 4 is 28.9 Å². The molecule has 0 spiro atoms. The molecule has 1 unspecified atom stereocenters. The number of aromatic nitrogens is 1. The third kappa shape index (κ3) is 5.04. The second-order valence-corrected chi connectivity index (χ2v) is 8.96. The number of benzene rings is 3. The van der Waals surface area contributed by atoms with Gasteiger partial charge < -0.3 is 19.3 Å². The summed E-state index contributed by atoms with van der Waals surface area (Å²) in [6.45, 7) is 4.40. The summed E-state index contributed by atoms with van der Waals surface area (Å²) >= 11 is 0. The number of rotatable bonds is 8. The Kier molecular flexibility index (Phi) is 7.55. The summed E-state index contributed by atoms with van der Waals surface area (Å²) in [5, 5.41) is 12.0. The van der Waals surface area contributed by atoms with Gasteiger partial charge in [0.1, 0.15) is 5.82 Å². The van der Waals surface area contributed by atoms with Crippen LogP contribution in [-0.4, -0.2) is 47.2 Å². The van der Waals surface area contributed by atoms with Crippen LogP contribution in [0.1, 0.15) is 27.9 Å². The van der Waals surface area contributed by atoms with E-state index in [0.29, 0.717) is 18.5 Å². The van der Waals surface area contributed by atoms with E-state index in [9.17, 15) is 19.1 Å². The fraction of sp³-hybridized carbons (Fsp3) is 0.200. The molecule has 4 rings (SSSR count). The smallest absolute Gasteiger partial charge is 0.340 e. The summed E-state index contributed by atoms with van der Waals surface area (Å²) in [5.41, 5.74) is 5.88. The third-order valence-corrected chi connectivity index (χ3v) is 6.55. The highest BCUT2D eigenvalue weighted by atomic mass is 19.1. The number of fused-ring (bicyclic) bond motifs is 1. The van der Waals surface area contributed by atoms with Crippen LogP contribution in [0.4, 0.5) is 4.39 Å². The number of aliphatic hydroxyl groups is 1. The Labute approximate surface area is 215 Å². The second kappa shape index (κ2) is 10.8. The zero-order valence-corrected chi connectivity index (χ0v) is 21.2. The molecule has 1 atom stereocenters. The van der Waals surface area contributed by atoms with Gasteiger partial charge in [-0.1, -0.05) is 60.2 Å². The fourth-order valence-corrected chi connectivity index (χ4v) is 4.65. The molecular weight excluding hydrogens is 471 g/mol. The van der Waals surface area contributed by atoms with Gasteiger partial charge in [0, 0.05) is 41.3 Å². The fourth-order valence-electron chi connectivity index (χ4n) is 4.65. The number of esters is 1. The van der Waals surface area contributed by atoms with Crippen LogP contribution in [0.2, 0.25) is 0 Å². The number of carbonyl (C=O) groups is 2. The molecule has 0 bridgehead atoms.